The largest absolute Gasteiger partial charge is 0.416 e. The SMILES string of the molecule is O=c1c2ccc3c4ccc5c6n(c(=O)c7ccc(c8ccc(c9n1C1C=C(C(F)(F)F)C=CC1N=9)c2c83)c4c75)C1C=C(C(F)(F)F)C=C(C(F)(F)F)C1N=6. The molecule has 0 bridgehead atoms. The Labute approximate surface area is 293 Å². The predicted octanol–water partition coefficient (Wildman–Crippen LogP) is 7.94. The molecule has 5 aromatic carbocycles. The lowest BCUT2D eigenvalue weighted by atomic mass is 9.86. The van der Waals surface area contributed by atoms with E-state index in [4.69, 9.17) is 0 Å². The van der Waals surface area contributed by atoms with Crippen LogP contribution in [0.1, 0.15) is 12.1 Å². The summed E-state index contributed by atoms with van der Waals surface area (Å²) in [6.45, 7) is 0. The summed E-state index contributed by atoms with van der Waals surface area (Å²) in [5.41, 5.74) is -5.12. The molecule has 0 fully saturated rings. The first-order valence-electron chi connectivity index (χ1n) is 16.6. The van der Waals surface area contributed by atoms with Gasteiger partial charge in [0.1, 0.15) is 17.0 Å². The number of alkyl halides is 9. The van der Waals surface area contributed by atoms with Crippen LogP contribution >= 0.6 is 0 Å². The average Bonchev–Trinajstić information content (AvgIpc) is 3.70. The standard InChI is InChI=1S/C39H17F9N4O2/c40-37(41,42)14-1-10-25-26(12-14)51-33(49-25)20-6-2-16-19-5-9-23-31-21(7-3-17(29(19)31)18-4-8-22(35(51)53)30(20)28(16)18)34-50-32-24(39(46,47)48)11-15(38(43,44)45)13-27(32)52(34)36(23)54/h1-13,25-27,32H. The van der Waals surface area contributed by atoms with E-state index < -0.39 is 70.5 Å². The molecule has 15 heteroatoms. The lowest BCUT2D eigenvalue weighted by Gasteiger charge is -2.27. The van der Waals surface area contributed by atoms with Gasteiger partial charge in [0.25, 0.3) is 11.1 Å². The number of benzene rings is 5. The summed E-state index contributed by atoms with van der Waals surface area (Å²) in [7, 11) is 0. The highest BCUT2D eigenvalue weighted by Gasteiger charge is 2.50. The minimum absolute atomic E-state index is 0.0492. The van der Waals surface area contributed by atoms with Gasteiger partial charge >= 0.3 is 18.5 Å². The maximum atomic E-state index is 14.2. The van der Waals surface area contributed by atoms with E-state index in [0.717, 1.165) is 16.7 Å². The average molecular weight is 745 g/mol. The maximum absolute atomic E-state index is 14.2. The lowest BCUT2D eigenvalue weighted by Crippen LogP contribution is -2.38. The Morgan fingerprint density at radius 1 is 0.500 bits per heavy atom. The van der Waals surface area contributed by atoms with E-state index in [1.807, 2.05) is 0 Å². The third-order valence-electron chi connectivity index (χ3n) is 11.3. The van der Waals surface area contributed by atoms with Crippen molar-refractivity contribution in [3.8, 4) is 0 Å². The first kappa shape index (κ1) is 31.5. The Balaban J connectivity index is 1.21. The maximum Gasteiger partial charge on any atom is 0.416 e. The molecule has 268 valence electrons. The first-order chi connectivity index (χ1) is 25.5. The number of nitrogens with zero attached hydrogens (tertiary/aromatic N) is 4. The Morgan fingerprint density at radius 3 is 1.43 bits per heavy atom. The summed E-state index contributed by atoms with van der Waals surface area (Å²) in [5, 5.41) is 5.95. The fraction of sp³-hybridized carbons (Fsp3) is 0.179. The fourth-order valence-electron chi connectivity index (χ4n) is 9.16. The van der Waals surface area contributed by atoms with Gasteiger partial charge in [-0.15, -0.1) is 0 Å². The lowest BCUT2D eigenvalue weighted by molar-refractivity contribution is -0.101. The Morgan fingerprint density at radius 2 is 0.926 bits per heavy atom. The number of halogens is 9. The van der Waals surface area contributed by atoms with Crippen LogP contribution in [0.3, 0.4) is 0 Å². The van der Waals surface area contributed by atoms with Crippen molar-refractivity contribution in [3.05, 3.63) is 127 Å². The molecule has 0 spiro atoms. The zero-order valence-corrected chi connectivity index (χ0v) is 26.8. The van der Waals surface area contributed by atoms with E-state index in [2.05, 4.69) is 9.98 Å². The number of allylic oxidation sites excluding steroid dienone is 4. The molecule has 11 rings (SSSR count). The van der Waals surface area contributed by atoms with E-state index in [-0.39, 0.29) is 33.2 Å². The number of hydrogen-bond acceptors (Lipinski definition) is 4. The summed E-state index contributed by atoms with van der Waals surface area (Å²) in [6.07, 6.45) is -10.9. The van der Waals surface area contributed by atoms with Gasteiger partial charge in [-0.3, -0.25) is 28.7 Å². The van der Waals surface area contributed by atoms with Gasteiger partial charge in [-0.25, -0.2) is 0 Å². The zero-order chi connectivity index (χ0) is 37.5. The van der Waals surface area contributed by atoms with Gasteiger partial charge < -0.3 is 0 Å². The predicted molar refractivity (Wildman–Crippen MR) is 182 cm³/mol. The van der Waals surface area contributed by atoms with Crippen LogP contribution in [0, 0.1) is 0 Å². The molecular formula is C39H17F9N4O2. The molecule has 2 aliphatic heterocycles. The molecule has 4 unspecified atom stereocenters. The van der Waals surface area contributed by atoms with Crippen LogP contribution in [0.2, 0.25) is 0 Å². The zero-order valence-electron chi connectivity index (χ0n) is 26.8. The second-order valence-electron chi connectivity index (χ2n) is 14.0. The van der Waals surface area contributed by atoms with Gasteiger partial charge in [-0.1, -0.05) is 36.4 Å². The third-order valence-corrected chi connectivity index (χ3v) is 11.3. The highest BCUT2D eigenvalue weighted by Crippen LogP contribution is 2.47. The molecule has 54 heavy (non-hydrogen) atoms. The van der Waals surface area contributed by atoms with E-state index in [9.17, 15) is 49.1 Å². The highest BCUT2D eigenvalue weighted by atomic mass is 19.4. The van der Waals surface area contributed by atoms with E-state index in [1.54, 1.807) is 42.5 Å². The molecule has 0 radical (unpaired) electrons. The smallest absolute Gasteiger partial charge is 0.283 e. The first-order valence-corrected chi connectivity index (χ1v) is 16.6. The van der Waals surface area contributed by atoms with Gasteiger partial charge in [0.05, 0.1) is 34.8 Å². The Bertz CT molecular complexity index is 3290. The van der Waals surface area contributed by atoms with Crippen molar-refractivity contribution in [2.24, 2.45) is 9.98 Å². The molecule has 0 N–H and O–H groups in total. The van der Waals surface area contributed by atoms with E-state index in [1.165, 1.54) is 16.7 Å². The van der Waals surface area contributed by atoms with Crippen LogP contribution in [-0.2, 0) is 0 Å². The molecule has 0 saturated heterocycles. The number of hydrogen-bond donors (Lipinski definition) is 0. The van der Waals surface area contributed by atoms with Crippen LogP contribution in [0.15, 0.2) is 115 Å². The van der Waals surface area contributed by atoms with Gasteiger partial charge in [-0.2, -0.15) is 39.5 Å². The summed E-state index contributed by atoms with van der Waals surface area (Å²) in [5.74, 6) is 0. The van der Waals surface area contributed by atoms with Crippen LogP contribution in [0.4, 0.5) is 39.5 Å². The summed E-state index contributed by atoms with van der Waals surface area (Å²) in [6, 6.07) is 8.13. The Hall–Kier alpha value is -5.99. The number of rotatable bonds is 0. The summed E-state index contributed by atoms with van der Waals surface area (Å²) >= 11 is 0. The molecule has 4 atom stereocenters. The topological polar surface area (TPSA) is 68.7 Å². The normalized spacial score (nSPS) is 22.5. The fourth-order valence-corrected chi connectivity index (χ4v) is 9.16. The van der Waals surface area contributed by atoms with Crippen molar-refractivity contribution in [1.29, 1.82) is 0 Å². The van der Waals surface area contributed by atoms with E-state index in [0.29, 0.717) is 54.6 Å². The van der Waals surface area contributed by atoms with Crippen molar-refractivity contribution < 1.29 is 39.5 Å². The highest BCUT2D eigenvalue weighted by molar-refractivity contribution is 6.39. The van der Waals surface area contributed by atoms with Crippen LogP contribution < -0.4 is 22.1 Å². The van der Waals surface area contributed by atoms with Gasteiger partial charge in [0.2, 0.25) is 0 Å². The number of fused-ring (bicyclic) bond motifs is 10. The van der Waals surface area contributed by atoms with Crippen LogP contribution in [0.25, 0.3) is 64.6 Å². The molecule has 2 aliphatic carbocycles. The minimum Gasteiger partial charge on any atom is -0.283 e. The van der Waals surface area contributed by atoms with Gasteiger partial charge in [0, 0.05) is 32.3 Å². The molecule has 4 heterocycles. The summed E-state index contributed by atoms with van der Waals surface area (Å²) < 4.78 is 127. The molecular weight excluding hydrogens is 727 g/mol. The van der Waals surface area contributed by atoms with E-state index >= 15 is 0 Å². The van der Waals surface area contributed by atoms with Crippen molar-refractivity contribution in [2.45, 2.75) is 42.7 Å². The van der Waals surface area contributed by atoms with Gasteiger partial charge in [0.15, 0.2) is 0 Å². The van der Waals surface area contributed by atoms with Crippen molar-refractivity contribution in [2.75, 3.05) is 0 Å². The number of aromatic nitrogens is 2. The van der Waals surface area contributed by atoms with Crippen LogP contribution in [-0.4, -0.2) is 39.7 Å². The molecule has 7 aromatic rings. The minimum atomic E-state index is -5.15. The molecule has 4 aliphatic rings. The number of pyridine rings is 2. The second-order valence-corrected chi connectivity index (χ2v) is 14.0. The van der Waals surface area contributed by atoms with Crippen molar-refractivity contribution in [3.63, 3.8) is 0 Å². The molecule has 6 nitrogen and oxygen atoms in total. The third kappa shape index (κ3) is 3.78. The molecule has 0 saturated carbocycles. The quantitative estimate of drug-likeness (QED) is 0.0900. The Kier molecular flexibility index (Phi) is 5.58. The van der Waals surface area contributed by atoms with Crippen LogP contribution in [0.5, 0.6) is 0 Å². The van der Waals surface area contributed by atoms with Gasteiger partial charge in [-0.05, 0) is 74.8 Å². The second kappa shape index (κ2) is 9.56. The van der Waals surface area contributed by atoms with Crippen molar-refractivity contribution in [1.82, 2.24) is 9.13 Å². The summed E-state index contributed by atoms with van der Waals surface area (Å²) in [4.78, 5) is 37.3. The monoisotopic (exact) mass is 744 g/mol. The van der Waals surface area contributed by atoms with Crippen molar-refractivity contribution >= 4 is 64.6 Å². The molecule has 0 amide bonds. The molecule has 2 aromatic heterocycles.